The molecule has 1 N–H and O–H groups in total. The number of piperidine rings is 1. The highest BCUT2D eigenvalue weighted by molar-refractivity contribution is 6.00. The van der Waals surface area contributed by atoms with Crippen LogP contribution in [0.4, 0.5) is 10.5 Å². The zero-order valence-corrected chi connectivity index (χ0v) is 11.7. The number of nitrogens with zero attached hydrogens (tertiary/aromatic N) is 2. The maximum atomic E-state index is 12.3. The van der Waals surface area contributed by atoms with Crippen LogP contribution in [0, 0.1) is 6.92 Å². The van der Waals surface area contributed by atoms with Gasteiger partial charge >= 0.3 is 6.03 Å². The molecular weight excluding hydrogens is 250 g/mol. The smallest absolute Gasteiger partial charge is 0.321 e. The number of rotatable bonds is 1. The molecule has 3 rings (SSSR count). The first-order valence-electron chi connectivity index (χ1n) is 7.16. The van der Waals surface area contributed by atoms with Gasteiger partial charge in [-0.05, 0) is 38.3 Å². The Balaban J connectivity index is 1.88. The van der Waals surface area contributed by atoms with Crippen molar-refractivity contribution in [2.45, 2.75) is 26.2 Å². The average molecular weight is 269 g/mol. The molecule has 20 heavy (non-hydrogen) atoms. The Bertz CT molecular complexity index is 633. The first kappa shape index (κ1) is 12.9. The van der Waals surface area contributed by atoms with Crippen LogP contribution in [0.1, 0.15) is 25.0 Å². The molecule has 0 atom stereocenters. The number of amides is 2. The second kappa shape index (κ2) is 5.49. The van der Waals surface area contributed by atoms with Crippen LogP contribution in [0.5, 0.6) is 0 Å². The van der Waals surface area contributed by atoms with Crippen molar-refractivity contribution in [1.29, 1.82) is 0 Å². The van der Waals surface area contributed by atoms with Gasteiger partial charge in [0.25, 0.3) is 0 Å². The molecule has 0 radical (unpaired) electrons. The summed E-state index contributed by atoms with van der Waals surface area (Å²) in [5, 5.41) is 4.03. The van der Waals surface area contributed by atoms with Crippen molar-refractivity contribution in [3.8, 4) is 0 Å². The van der Waals surface area contributed by atoms with E-state index in [0.717, 1.165) is 48.2 Å². The molecule has 1 fully saturated rings. The molecule has 0 spiro atoms. The van der Waals surface area contributed by atoms with Crippen LogP contribution in [0.15, 0.2) is 30.3 Å². The van der Waals surface area contributed by atoms with Crippen LogP contribution in [0.3, 0.4) is 0 Å². The zero-order chi connectivity index (χ0) is 13.9. The fraction of sp³-hybridized carbons (Fsp3) is 0.375. The molecule has 1 aromatic carbocycles. The number of aromatic nitrogens is 1. The summed E-state index contributed by atoms with van der Waals surface area (Å²) in [6.07, 6.45) is 3.42. The Hall–Kier alpha value is -2.10. The molecule has 0 aliphatic carbocycles. The Kier molecular flexibility index (Phi) is 3.54. The molecule has 2 aromatic rings. The quantitative estimate of drug-likeness (QED) is 0.860. The lowest BCUT2D eigenvalue weighted by Crippen LogP contribution is -2.38. The number of para-hydroxylation sites is 1. The first-order valence-corrected chi connectivity index (χ1v) is 7.16. The number of carbonyl (C=O) groups is 1. The first-order chi connectivity index (χ1) is 9.74. The number of hydrogen-bond donors (Lipinski definition) is 1. The topological polar surface area (TPSA) is 45.2 Å². The number of pyridine rings is 1. The molecular formula is C16H19N3O. The van der Waals surface area contributed by atoms with Gasteiger partial charge in [0.15, 0.2) is 0 Å². The second-order valence-corrected chi connectivity index (χ2v) is 5.31. The number of likely N-dealkylation sites (tertiary alicyclic amines) is 1. The van der Waals surface area contributed by atoms with E-state index < -0.39 is 0 Å². The molecule has 1 aliphatic rings. The van der Waals surface area contributed by atoms with E-state index in [9.17, 15) is 4.79 Å². The third kappa shape index (κ3) is 2.59. The Morgan fingerprint density at radius 2 is 1.95 bits per heavy atom. The van der Waals surface area contributed by atoms with Crippen molar-refractivity contribution in [3.63, 3.8) is 0 Å². The van der Waals surface area contributed by atoms with Crippen molar-refractivity contribution in [2.75, 3.05) is 18.4 Å². The predicted octanol–water partition coefficient (Wildman–Crippen LogP) is 3.56. The number of benzene rings is 1. The van der Waals surface area contributed by atoms with Crippen molar-refractivity contribution in [3.05, 3.63) is 36.0 Å². The Labute approximate surface area is 118 Å². The van der Waals surface area contributed by atoms with Crippen LogP contribution >= 0.6 is 0 Å². The van der Waals surface area contributed by atoms with Gasteiger partial charge in [0.05, 0.1) is 11.2 Å². The fourth-order valence-corrected chi connectivity index (χ4v) is 2.70. The van der Waals surface area contributed by atoms with Crippen LogP contribution in [-0.4, -0.2) is 29.0 Å². The summed E-state index contributed by atoms with van der Waals surface area (Å²) in [6, 6.07) is 9.83. The normalized spacial score (nSPS) is 15.3. The van der Waals surface area contributed by atoms with Gasteiger partial charge in [0.2, 0.25) is 0 Å². The minimum Gasteiger partial charge on any atom is -0.325 e. The van der Waals surface area contributed by atoms with Crippen LogP contribution in [0.25, 0.3) is 10.9 Å². The number of carbonyl (C=O) groups excluding carboxylic acids is 1. The molecule has 1 saturated heterocycles. The van der Waals surface area contributed by atoms with E-state index in [1.165, 1.54) is 6.42 Å². The molecule has 2 heterocycles. The predicted molar refractivity (Wildman–Crippen MR) is 80.9 cm³/mol. The summed E-state index contributed by atoms with van der Waals surface area (Å²) < 4.78 is 0. The van der Waals surface area contributed by atoms with E-state index in [1.54, 1.807) is 0 Å². The lowest BCUT2D eigenvalue weighted by molar-refractivity contribution is 0.200. The molecule has 0 bridgehead atoms. The van der Waals surface area contributed by atoms with Gasteiger partial charge in [-0.25, -0.2) is 4.79 Å². The van der Waals surface area contributed by atoms with Gasteiger partial charge < -0.3 is 10.2 Å². The van der Waals surface area contributed by atoms with E-state index in [1.807, 2.05) is 42.2 Å². The lowest BCUT2D eigenvalue weighted by Gasteiger charge is -2.27. The van der Waals surface area contributed by atoms with Gasteiger partial charge in [0, 0.05) is 24.2 Å². The van der Waals surface area contributed by atoms with Crippen molar-refractivity contribution in [2.24, 2.45) is 0 Å². The largest absolute Gasteiger partial charge is 0.325 e. The molecule has 0 saturated carbocycles. The minimum atomic E-state index is 0.000420. The third-order valence-electron chi connectivity index (χ3n) is 3.73. The molecule has 4 heteroatoms. The second-order valence-electron chi connectivity index (χ2n) is 5.31. The maximum absolute atomic E-state index is 12.3. The molecule has 2 amide bonds. The minimum absolute atomic E-state index is 0.000420. The van der Waals surface area contributed by atoms with Gasteiger partial charge in [-0.15, -0.1) is 0 Å². The zero-order valence-electron chi connectivity index (χ0n) is 11.7. The fourth-order valence-electron chi connectivity index (χ4n) is 2.70. The van der Waals surface area contributed by atoms with Crippen molar-refractivity contribution < 1.29 is 4.79 Å². The highest BCUT2D eigenvalue weighted by atomic mass is 16.2. The summed E-state index contributed by atoms with van der Waals surface area (Å²) in [7, 11) is 0. The number of anilines is 1. The van der Waals surface area contributed by atoms with E-state index in [0.29, 0.717) is 0 Å². The monoisotopic (exact) mass is 269 g/mol. The Morgan fingerprint density at radius 1 is 1.20 bits per heavy atom. The number of aryl methyl sites for hydroxylation is 1. The van der Waals surface area contributed by atoms with E-state index in [4.69, 9.17) is 0 Å². The number of urea groups is 1. The standard InChI is InChI=1S/C16H19N3O/c1-12-11-15(13-7-3-4-8-14(13)17-12)18-16(20)19-9-5-2-6-10-19/h3-4,7-8,11H,2,5-6,9-10H2,1H3,(H,17,18,20). The van der Waals surface area contributed by atoms with Crippen molar-refractivity contribution >= 4 is 22.6 Å². The summed E-state index contributed by atoms with van der Waals surface area (Å²) in [5.74, 6) is 0. The van der Waals surface area contributed by atoms with Crippen LogP contribution in [0.2, 0.25) is 0 Å². The average Bonchev–Trinajstić information content (AvgIpc) is 2.48. The number of nitrogens with one attached hydrogen (secondary N) is 1. The van der Waals surface area contributed by atoms with E-state index >= 15 is 0 Å². The van der Waals surface area contributed by atoms with Gasteiger partial charge in [0.1, 0.15) is 0 Å². The number of hydrogen-bond acceptors (Lipinski definition) is 2. The lowest BCUT2D eigenvalue weighted by atomic mass is 10.1. The third-order valence-corrected chi connectivity index (χ3v) is 3.73. The molecule has 0 unspecified atom stereocenters. The molecule has 1 aromatic heterocycles. The highest BCUT2D eigenvalue weighted by Gasteiger charge is 2.17. The summed E-state index contributed by atoms with van der Waals surface area (Å²) in [6.45, 7) is 3.66. The molecule has 4 nitrogen and oxygen atoms in total. The SMILES string of the molecule is Cc1cc(NC(=O)N2CCCCC2)c2ccccc2n1. The van der Waals surface area contributed by atoms with Gasteiger partial charge in [-0.2, -0.15) is 0 Å². The van der Waals surface area contributed by atoms with E-state index in [2.05, 4.69) is 10.3 Å². The summed E-state index contributed by atoms with van der Waals surface area (Å²) in [4.78, 5) is 18.7. The molecule has 104 valence electrons. The van der Waals surface area contributed by atoms with E-state index in [-0.39, 0.29) is 6.03 Å². The van der Waals surface area contributed by atoms with Crippen LogP contribution in [-0.2, 0) is 0 Å². The highest BCUT2D eigenvalue weighted by Crippen LogP contribution is 2.23. The summed E-state index contributed by atoms with van der Waals surface area (Å²) >= 11 is 0. The summed E-state index contributed by atoms with van der Waals surface area (Å²) in [5.41, 5.74) is 2.68. The van der Waals surface area contributed by atoms with Gasteiger partial charge in [-0.1, -0.05) is 18.2 Å². The maximum Gasteiger partial charge on any atom is 0.321 e. The van der Waals surface area contributed by atoms with Crippen molar-refractivity contribution in [1.82, 2.24) is 9.88 Å². The molecule has 1 aliphatic heterocycles. The Morgan fingerprint density at radius 3 is 2.75 bits per heavy atom. The van der Waals surface area contributed by atoms with Crippen LogP contribution < -0.4 is 5.32 Å². The number of fused-ring (bicyclic) bond motifs is 1. The van der Waals surface area contributed by atoms with Gasteiger partial charge in [-0.3, -0.25) is 4.98 Å².